The van der Waals surface area contributed by atoms with Crippen molar-refractivity contribution in [1.82, 2.24) is 5.32 Å². The largest absolute Gasteiger partial charge is 0.380 e. The zero-order chi connectivity index (χ0) is 14.7. The van der Waals surface area contributed by atoms with Gasteiger partial charge in [0.05, 0.1) is 12.1 Å². The zero-order valence-electron chi connectivity index (χ0n) is 12.5. The van der Waals surface area contributed by atoms with Crippen LogP contribution in [-0.4, -0.2) is 44.8 Å². The first-order valence-corrected chi connectivity index (χ1v) is 7.68. The fourth-order valence-electron chi connectivity index (χ4n) is 3.04. The van der Waals surface area contributed by atoms with E-state index in [4.69, 9.17) is 4.74 Å². The predicted octanol–water partition coefficient (Wildman–Crippen LogP) is 1.60. The maximum atomic E-state index is 12.2. The number of hydrogen-bond acceptors (Lipinski definition) is 4. The van der Waals surface area contributed by atoms with Crippen LogP contribution in [0.15, 0.2) is 24.3 Å². The molecule has 2 unspecified atom stereocenters. The summed E-state index contributed by atoms with van der Waals surface area (Å²) < 4.78 is 5.27. The number of hydrogen-bond donors (Lipinski definition) is 2. The third kappa shape index (κ3) is 3.36. The molecule has 114 valence electrons. The molecule has 2 atom stereocenters. The van der Waals surface area contributed by atoms with E-state index in [1.165, 1.54) is 18.5 Å². The average Bonchev–Trinajstić information content (AvgIpc) is 3.19. The summed E-state index contributed by atoms with van der Waals surface area (Å²) in [5.41, 5.74) is 2.09. The Bertz CT molecular complexity index is 483. The van der Waals surface area contributed by atoms with Crippen molar-refractivity contribution in [2.75, 3.05) is 37.0 Å². The van der Waals surface area contributed by atoms with Gasteiger partial charge in [-0.25, -0.2) is 0 Å². The summed E-state index contributed by atoms with van der Waals surface area (Å²) in [6, 6.07) is 7.97. The van der Waals surface area contributed by atoms with Crippen molar-refractivity contribution in [1.29, 1.82) is 0 Å². The molecule has 5 nitrogen and oxygen atoms in total. The first kappa shape index (κ1) is 14.4. The van der Waals surface area contributed by atoms with Crippen LogP contribution in [0.4, 0.5) is 11.4 Å². The van der Waals surface area contributed by atoms with Crippen molar-refractivity contribution in [2.45, 2.75) is 31.4 Å². The van der Waals surface area contributed by atoms with Crippen LogP contribution in [0.25, 0.3) is 0 Å². The van der Waals surface area contributed by atoms with Crippen molar-refractivity contribution in [3.8, 4) is 0 Å². The van der Waals surface area contributed by atoms with Crippen molar-refractivity contribution in [3.63, 3.8) is 0 Å². The summed E-state index contributed by atoms with van der Waals surface area (Å²) in [7, 11) is 1.68. The quantitative estimate of drug-likeness (QED) is 0.884. The van der Waals surface area contributed by atoms with E-state index in [0.29, 0.717) is 0 Å². The number of carbonyl (C=O) groups is 1. The molecule has 5 heteroatoms. The van der Waals surface area contributed by atoms with Gasteiger partial charge in [0.1, 0.15) is 0 Å². The number of rotatable bonds is 4. The molecule has 1 amide bonds. The van der Waals surface area contributed by atoms with Crippen molar-refractivity contribution in [2.24, 2.45) is 0 Å². The van der Waals surface area contributed by atoms with Gasteiger partial charge >= 0.3 is 0 Å². The lowest BCUT2D eigenvalue weighted by molar-refractivity contribution is -0.118. The van der Waals surface area contributed by atoms with Crippen LogP contribution in [-0.2, 0) is 9.53 Å². The van der Waals surface area contributed by atoms with E-state index in [9.17, 15) is 4.79 Å². The Balaban J connectivity index is 1.56. The number of ether oxygens (including phenoxy) is 1. The van der Waals surface area contributed by atoms with Gasteiger partial charge in [-0.3, -0.25) is 4.79 Å². The van der Waals surface area contributed by atoms with Crippen LogP contribution in [0.5, 0.6) is 0 Å². The monoisotopic (exact) mass is 289 g/mol. The molecule has 21 heavy (non-hydrogen) atoms. The van der Waals surface area contributed by atoms with Crippen LogP contribution in [0.3, 0.4) is 0 Å². The first-order valence-electron chi connectivity index (χ1n) is 7.68. The number of benzene rings is 1. The SMILES string of the molecule is COC1CNC(C(=O)Nc2ccc(N3CCCC3)cc2)C1. The second kappa shape index (κ2) is 6.45. The van der Waals surface area contributed by atoms with E-state index in [1.54, 1.807) is 7.11 Å². The molecule has 2 aliphatic rings. The number of anilines is 2. The Morgan fingerprint density at radius 1 is 1.29 bits per heavy atom. The lowest BCUT2D eigenvalue weighted by Gasteiger charge is -2.18. The zero-order valence-corrected chi connectivity index (χ0v) is 12.5. The lowest BCUT2D eigenvalue weighted by atomic mass is 10.2. The molecule has 3 rings (SSSR count). The van der Waals surface area contributed by atoms with Crippen molar-refractivity contribution >= 4 is 17.3 Å². The Morgan fingerprint density at radius 3 is 2.62 bits per heavy atom. The number of methoxy groups -OCH3 is 1. The molecule has 0 bridgehead atoms. The Hall–Kier alpha value is -1.59. The number of carbonyl (C=O) groups excluding carboxylic acids is 1. The number of nitrogens with one attached hydrogen (secondary N) is 2. The third-order valence-electron chi connectivity index (χ3n) is 4.35. The summed E-state index contributed by atoms with van der Waals surface area (Å²) in [6.07, 6.45) is 3.41. The topological polar surface area (TPSA) is 53.6 Å². The van der Waals surface area contributed by atoms with E-state index in [2.05, 4.69) is 27.7 Å². The van der Waals surface area contributed by atoms with E-state index in [0.717, 1.165) is 31.7 Å². The molecular formula is C16H23N3O2. The standard InChI is InChI=1S/C16H23N3O2/c1-21-14-10-15(17-11-14)16(20)18-12-4-6-13(7-5-12)19-8-2-3-9-19/h4-7,14-15,17H,2-3,8-11H2,1H3,(H,18,20). The van der Waals surface area contributed by atoms with Gasteiger partial charge in [0.2, 0.25) is 5.91 Å². The van der Waals surface area contributed by atoms with Gasteiger partial charge in [0.15, 0.2) is 0 Å². The molecule has 2 heterocycles. The van der Waals surface area contributed by atoms with Gasteiger partial charge in [-0.2, -0.15) is 0 Å². The highest BCUT2D eigenvalue weighted by Crippen LogP contribution is 2.22. The summed E-state index contributed by atoms with van der Waals surface area (Å²) in [5, 5.41) is 6.16. The molecule has 0 aliphatic carbocycles. The van der Waals surface area contributed by atoms with Gasteiger partial charge in [0.25, 0.3) is 0 Å². The smallest absolute Gasteiger partial charge is 0.241 e. The minimum Gasteiger partial charge on any atom is -0.380 e. The lowest BCUT2D eigenvalue weighted by Crippen LogP contribution is -2.35. The van der Waals surface area contributed by atoms with Crippen LogP contribution >= 0.6 is 0 Å². The fourth-order valence-corrected chi connectivity index (χ4v) is 3.04. The Morgan fingerprint density at radius 2 is 2.00 bits per heavy atom. The van der Waals surface area contributed by atoms with Gasteiger partial charge in [0, 0.05) is 38.1 Å². The maximum absolute atomic E-state index is 12.2. The molecule has 1 aromatic rings. The molecule has 2 aliphatic heterocycles. The van der Waals surface area contributed by atoms with E-state index >= 15 is 0 Å². The molecular weight excluding hydrogens is 266 g/mol. The molecule has 2 N–H and O–H groups in total. The van der Waals surface area contributed by atoms with Crippen molar-refractivity contribution < 1.29 is 9.53 Å². The van der Waals surface area contributed by atoms with Crippen LogP contribution in [0.2, 0.25) is 0 Å². The number of nitrogens with zero attached hydrogens (tertiary/aromatic N) is 1. The first-order chi connectivity index (χ1) is 10.3. The minimum atomic E-state index is -0.159. The summed E-state index contributed by atoms with van der Waals surface area (Å²) in [6.45, 7) is 3.01. The van der Waals surface area contributed by atoms with E-state index in [-0.39, 0.29) is 18.1 Å². The van der Waals surface area contributed by atoms with Gasteiger partial charge in [-0.05, 0) is 43.5 Å². The summed E-state index contributed by atoms with van der Waals surface area (Å²) in [4.78, 5) is 14.6. The molecule has 0 saturated carbocycles. The fraction of sp³-hybridized carbons (Fsp3) is 0.562. The summed E-state index contributed by atoms with van der Waals surface area (Å²) >= 11 is 0. The molecule has 1 aromatic carbocycles. The highest BCUT2D eigenvalue weighted by molar-refractivity contribution is 5.95. The van der Waals surface area contributed by atoms with E-state index < -0.39 is 0 Å². The van der Waals surface area contributed by atoms with Crippen LogP contribution < -0.4 is 15.5 Å². The second-order valence-corrected chi connectivity index (χ2v) is 5.78. The van der Waals surface area contributed by atoms with Gasteiger partial charge < -0.3 is 20.3 Å². The second-order valence-electron chi connectivity index (χ2n) is 5.78. The van der Waals surface area contributed by atoms with E-state index in [1.807, 2.05) is 12.1 Å². The average molecular weight is 289 g/mol. The van der Waals surface area contributed by atoms with Crippen LogP contribution in [0, 0.1) is 0 Å². The van der Waals surface area contributed by atoms with Crippen LogP contribution in [0.1, 0.15) is 19.3 Å². The Kier molecular flexibility index (Phi) is 4.41. The summed E-state index contributed by atoms with van der Waals surface area (Å²) in [5.74, 6) is 0.0171. The maximum Gasteiger partial charge on any atom is 0.241 e. The molecule has 0 spiro atoms. The molecule has 2 fully saturated rings. The van der Waals surface area contributed by atoms with Crippen molar-refractivity contribution in [3.05, 3.63) is 24.3 Å². The highest BCUT2D eigenvalue weighted by Gasteiger charge is 2.29. The van der Waals surface area contributed by atoms with Gasteiger partial charge in [-0.1, -0.05) is 0 Å². The number of amides is 1. The molecule has 0 radical (unpaired) electrons. The predicted molar refractivity (Wildman–Crippen MR) is 83.7 cm³/mol. The molecule has 0 aromatic heterocycles. The van der Waals surface area contributed by atoms with Gasteiger partial charge in [-0.15, -0.1) is 0 Å². The molecule has 2 saturated heterocycles. The third-order valence-corrected chi connectivity index (χ3v) is 4.35. The minimum absolute atomic E-state index is 0.0171. The Labute approximate surface area is 125 Å². The highest BCUT2D eigenvalue weighted by atomic mass is 16.5. The normalized spacial score (nSPS) is 25.3.